The van der Waals surface area contributed by atoms with Crippen molar-refractivity contribution in [3.8, 4) is 0 Å². The van der Waals surface area contributed by atoms with Gasteiger partial charge in [0.05, 0.1) is 31.3 Å². The van der Waals surface area contributed by atoms with Crippen LogP contribution in [0.2, 0.25) is 0 Å². The van der Waals surface area contributed by atoms with Crippen molar-refractivity contribution in [1.29, 1.82) is 0 Å². The summed E-state index contributed by atoms with van der Waals surface area (Å²) in [5, 5.41) is 73.7. The second kappa shape index (κ2) is 26.5. The molecule has 14 heteroatoms. The van der Waals surface area contributed by atoms with E-state index in [1.165, 1.54) is 44.6 Å². The summed E-state index contributed by atoms with van der Waals surface area (Å²) in [6.07, 6.45) is 10.4. The minimum atomic E-state index is -5.13. The summed E-state index contributed by atoms with van der Waals surface area (Å²) in [5.41, 5.74) is 0. The molecular formula is C35H66NO12P. The maximum absolute atomic E-state index is 12.8. The van der Waals surface area contributed by atoms with E-state index in [4.69, 9.17) is 9.05 Å². The number of phosphoric acid groups is 1. The number of rotatable bonds is 28. The number of allylic oxidation sites excluding steroid dienone is 3. The molecule has 8 unspecified atom stereocenters. The summed E-state index contributed by atoms with van der Waals surface area (Å²) in [4.78, 5) is 23.1. The topological polar surface area (TPSA) is 226 Å². The van der Waals surface area contributed by atoms with E-state index in [1.54, 1.807) is 6.08 Å². The molecule has 8 atom stereocenters. The van der Waals surface area contributed by atoms with Crippen molar-refractivity contribution >= 4 is 13.7 Å². The van der Waals surface area contributed by atoms with Crippen LogP contribution in [0.5, 0.6) is 0 Å². The summed E-state index contributed by atoms with van der Waals surface area (Å²) < 4.78 is 22.6. The first-order valence-electron chi connectivity index (χ1n) is 18.4. The van der Waals surface area contributed by atoms with Crippen molar-refractivity contribution < 1.29 is 59.0 Å². The van der Waals surface area contributed by atoms with Crippen molar-refractivity contribution in [2.24, 2.45) is 0 Å². The van der Waals surface area contributed by atoms with E-state index in [-0.39, 0.29) is 6.42 Å². The smallest absolute Gasteiger partial charge is 0.393 e. The second-order valence-corrected chi connectivity index (χ2v) is 14.7. The predicted molar refractivity (Wildman–Crippen MR) is 187 cm³/mol. The van der Waals surface area contributed by atoms with Crippen LogP contribution in [0.3, 0.4) is 0 Å². The van der Waals surface area contributed by atoms with Crippen LogP contribution in [0.1, 0.15) is 129 Å². The monoisotopic (exact) mass is 723 g/mol. The van der Waals surface area contributed by atoms with Gasteiger partial charge in [0.25, 0.3) is 0 Å². The first kappa shape index (κ1) is 45.8. The van der Waals surface area contributed by atoms with E-state index in [9.17, 15) is 50.0 Å². The number of hydrogen-bond donors (Lipinski definition) is 9. The Hall–Kier alpha value is -1.22. The van der Waals surface area contributed by atoms with Crippen molar-refractivity contribution in [3.63, 3.8) is 0 Å². The van der Waals surface area contributed by atoms with Gasteiger partial charge < -0.3 is 46.0 Å². The SMILES string of the molecule is CCCCCCCC/C=C\CCCC(O)CC(=O)NC(COP(=O)(O)OC1C(O)C(O)C(O)C(O)C1O)C(O)/C=C/CCCCCCCC. The van der Waals surface area contributed by atoms with E-state index in [2.05, 4.69) is 31.3 Å². The van der Waals surface area contributed by atoms with Gasteiger partial charge in [0.1, 0.15) is 36.6 Å². The number of carbonyl (C=O) groups excluding carboxylic acids is 1. The molecular weight excluding hydrogens is 657 g/mol. The predicted octanol–water partition coefficient (Wildman–Crippen LogP) is 3.69. The van der Waals surface area contributed by atoms with Crippen LogP contribution in [-0.2, 0) is 18.4 Å². The van der Waals surface area contributed by atoms with Gasteiger partial charge in [0, 0.05) is 0 Å². The fourth-order valence-corrected chi connectivity index (χ4v) is 6.62. The van der Waals surface area contributed by atoms with Gasteiger partial charge in [0.15, 0.2) is 0 Å². The highest BCUT2D eigenvalue weighted by Crippen LogP contribution is 2.47. The first-order chi connectivity index (χ1) is 23.3. The highest BCUT2D eigenvalue weighted by atomic mass is 31.2. The van der Waals surface area contributed by atoms with Gasteiger partial charge in [-0.1, -0.05) is 102 Å². The normalized spacial score (nSPS) is 26.2. The number of aliphatic hydroxyl groups excluding tert-OH is 7. The molecule has 9 N–H and O–H groups in total. The van der Waals surface area contributed by atoms with E-state index in [0.29, 0.717) is 19.3 Å². The Labute approximate surface area is 293 Å². The maximum Gasteiger partial charge on any atom is 0.472 e. The molecule has 0 aromatic carbocycles. The van der Waals surface area contributed by atoms with Gasteiger partial charge in [-0.3, -0.25) is 13.8 Å². The number of amides is 1. The molecule has 1 saturated carbocycles. The Morgan fingerprint density at radius 1 is 0.714 bits per heavy atom. The largest absolute Gasteiger partial charge is 0.472 e. The Balaban J connectivity index is 2.69. The van der Waals surface area contributed by atoms with Gasteiger partial charge in [-0.2, -0.15) is 0 Å². The van der Waals surface area contributed by atoms with E-state index >= 15 is 0 Å². The van der Waals surface area contributed by atoms with Crippen LogP contribution in [-0.4, -0.2) is 108 Å². The number of phosphoric ester groups is 1. The summed E-state index contributed by atoms with van der Waals surface area (Å²) >= 11 is 0. The molecule has 1 fully saturated rings. The average molecular weight is 724 g/mol. The summed E-state index contributed by atoms with van der Waals surface area (Å²) in [6.45, 7) is 3.60. The van der Waals surface area contributed by atoms with Gasteiger partial charge in [0.2, 0.25) is 5.91 Å². The van der Waals surface area contributed by atoms with Crippen LogP contribution in [0.4, 0.5) is 0 Å². The van der Waals surface area contributed by atoms with Crippen LogP contribution >= 0.6 is 7.82 Å². The zero-order chi connectivity index (χ0) is 36.7. The number of hydrogen-bond acceptors (Lipinski definition) is 11. The van der Waals surface area contributed by atoms with Gasteiger partial charge in [-0.05, 0) is 44.9 Å². The third-order valence-corrected chi connectivity index (χ3v) is 9.77. The summed E-state index contributed by atoms with van der Waals surface area (Å²) in [6, 6.07) is -1.24. The Kier molecular flexibility index (Phi) is 24.8. The molecule has 0 spiro atoms. The van der Waals surface area contributed by atoms with Gasteiger partial charge >= 0.3 is 7.82 Å². The lowest BCUT2D eigenvalue weighted by Gasteiger charge is -2.41. The Bertz CT molecular complexity index is 953. The van der Waals surface area contributed by atoms with Gasteiger partial charge in [-0.25, -0.2) is 4.57 Å². The van der Waals surface area contributed by atoms with Crippen LogP contribution in [0.15, 0.2) is 24.3 Å². The molecule has 13 nitrogen and oxygen atoms in total. The highest BCUT2D eigenvalue weighted by Gasteiger charge is 2.51. The number of aliphatic hydroxyl groups is 7. The lowest BCUT2D eigenvalue weighted by Crippen LogP contribution is -2.64. The molecule has 0 radical (unpaired) electrons. The standard InChI is InChI=1S/C35H66NO12P/c1-3-5-7-9-11-13-14-15-16-18-20-22-26(37)24-29(39)36-27(28(38)23-21-19-17-12-10-8-6-4-2)25-47-49(45,46)48-35-33(43)31(41)30(40)32(42)34(35)44/h15-16,21,23,26-28,30-35,37-38,40-44H,3-14,17-20,22,24-25H2,1-2H3,(H,36,39)(H,45,46)/b16-15-,23-21+. The van der Waals surface area contributed by atoms with Gasteiger partial charge in [-0.15, -0.1) is 0 Å². The van der Waals surface area contributed by atoms with E-state index in [0.717, 1.165) is 51.4 Å². The molecule has 0 aromatic heterocycles. The van der Waals surface area contributed by atoms with Crippen molar-refractivity contribution in [2.75, 3.05) is 6.61 Å². The third-order valence-electron chi connectivity index (χ3n) is 8.78. The van der Waals surface area contributed by atoms with E-state index in [1.807, 2.05) is 0 Å². The minimum absolute atomic E-state index is 0.266. The molecule has 0 heterocycles. The molecule has 0 saturated heterocycles. The Morgan fingerprint density at radius 2 is 1.18 bits per heavy atom. The lowest BCUT2D eigenvalue weighted by molar-refractivity contribution is -0.220. The first-order valence-corrected chi connectivity index (χ1v) is 19.9. The minimum Gasteiger partial charge on any atom is -0.393 e. The van der Waals surface area contributed by atoms with Crippen LogP contribution in [0.25, 0.3) is 0 Å². The van der Waals surface area contributed by atoms with E-state index < -0.39 is 75.2 Å². The quantitative estimate of drug-likeness (QED) is 0.0320. The molecule has 0 bridgehead atoms. The second-order valence-electron chi connectivity index (χ2n) is 13.3. The van der Waals surface area contributed by atoms with Crippen molar-refractivity contribution in [3.05, 3.63) is 24.3 Å². The molecule has 1 aliphatic carbocycles. The van der Waals surface area contributed by atoms with Crippen molar-refractivity contribution in [2.45, 2.75) is 184 Å². The maximum atomic E-state index is 12.8. The molecule has 0 aromatic rings. The molecule has 49 heavy (non-hydrogen) atoms. The van der Waals surface area contributed by atoms with Crippen LogP contribution in [0, 0.1) is 0 Å². The average Bonchev–Trinajstić information content (AvgIpc) is 3.06. The highest BCUT2D eigenvalue weighted by molar-refractivity contribution is 7.47. The lowest BCUT2D eigenvalue weighted by atomic mass is 9.85. The molecule has 1 amide bonds. The fraction of sp³-hybridized carbons (Fsp3) is 0.857. The number of unbranched alkanes of at least 4 members (excludes halogenated alkanes) is 13. The fourth-order valence-electron chi connectivity index (χ4n) is 5.65. The summed E-state index contributed by atoms with van der Waals surface area (Å²) in [5.74, 6) is -0.616. The summed E-state index contributed by atoms with van der Waals surface area (Å²) in [7, 11) is -5.13. The third kappa shape index (κ3) is 19.8. The molecule has 0 aliphatic heterocycles. The van der Waals surface area contributed by atoms with Crippen LogP contribution < -0.4 is 5.32 Å². The molecule has 1 rings (SSSR count). The zero-order valence-electron chi connectivity index (χ0n) is 29.6. The number of nitrogens with one attached hydrogen (secondary N) is 1. The van der Waals surface area contributed by atoms with Crippen molar-refractivity contribution in [1.82, 2.24) is 5.32 Å². The number of carbonyl (C=O) groups is 1. The molecule has 288 valence electrons. The molecule has 1 aliphatic rings. The Morgan fingerprint density at radius 3 is 1.73 bits per heavy atom. The zero-order valence-corrected chi connectivity index (χ0v) is 30.5.